The van der Waals surface area contributed by atoms with Gasteiger partial charge in [0.2, 0.25) is 11.8 Å². The molecule has 0 radical (unpaired) electrons. The van der Waals surface area contributed by atoms with E-state index in [4.69, 9.17) is 9.84 Å². The molecule has 12 heteroatoms. The third-order valence-corrected chi connectivity index (χ3v) is 6.97. The normalized spacial score (nSPS) is 26.3. The lowest BCUT2D eigenvalue weighted by atomic mass is 9.84. The summed E-state index contributed by atoms with van der Waals surface area (Å²) in [7, 11) is -2.40. The third kappa shape index (κ3) is 4.29. The molecule has 0 amide bonds. The second-order valence-corrected chi connectivity index (χ2v) is 9.94. The van der Waals surface area contributed by atoms with Gasteiger partial charge in [0.05, 0.1) is 18.3 Å². The number of ether oxygens (including phenoxy) is 1. The zero-order valence-electron chi connectivity index (χ0n) is 18.1. The summed E-state index contributed by atoms with van der Waals surface area (Å²) in [5, 5.41) is 15.0. The molecule has 3 aromatic heterocycles. The number of likely N-dealkylation sites (tertiary alicyclic amines) is 1. The minimum absolute atomic E-state index is 0.113. The minimum Gasteiger partial charge on any atom is -0.473 e. The molecule has 11 nitrogen and oxygen atoms in total. The number of nitrogens with zero attached hydrogens (tertiary/aromatic N) is 6. The smallest absolute Gasteiger partial charge is 0.244 e. The summed E-state index contributed by atoms with van der Waals surface area (Å²) in [6.07, 6.45) is 8.16. The van der Waals surface area contributed by atoms with Crippen molar-refractivity contribution in [2.45, 2.75) is 45.3 Å². The Morgan fingerprint density at radius 2 is 2.12 bits per heavy atom. The fourth-order valence-electron chi connectivity index (χ4n) is 4.57. The van der Waals surface area contributed by atoms with Gasteiger partial charge in [-0.05, 0) is 31.1 Å². The minimum atomic E-state index is -2.40. The number of fused-ring (bicyclic) bond motifs is 1. The first-order valence-corrected chi connectivity index (χ1v) is 12.3. The fraction of sp³-hybridized carbons (Fsp3) is 0.600. The summed E-state index contributed by atoms with van der Waals surface area (Å²) in [5.41, 5.74) is 2.11. The molecule has 0 bridgehead atoms. The van der Waals surface area contributed by atoms with Crippen LogP contribution in [0.1, 0.15) is 33.1 Å². The molecule has 1 saturated heterocycles. The van der Waals surface area contributed by atoms with Gasteiger partial charge in [-0.15, -0.1) is 5.10 Å². The van der Waals surface area contributed by atoms with E-state index in [2.05, 4.69) is 39.3 Å². The van der Waals surface area contributed by atoms with Crippen molar-refractivity contribution in [3.05, 3.63) is 18.6 Å². The molecule has 2 atom stereocenters. The van der Waals surface area contributed by atoms with E-state index in [1.807, 2.05) is 4.90 Å². The Labute approximate surface area is 187 Å². The van der Waals surface area contributed by atoms with Crippen molar-refractivity contribution in [3.8, 4) is 17.1 Å². The first kappa shape index (κ1) is 21.1. The molecule has 0 unspecified atom stereocenters. The van der Waals surface area contributed by atoms with Crippen LogP contribution < -0.4 is 10.1 Å². The number of anilines is 1. The van der Waals surface area contributed by atoms with E-state index in [1.165, 1.54) is 0 Å². The molecule has 0 aromatic carbocycles. The molecule has 5 rings (SSSR count). The highest BCUT2D eigenvalue weighted by atomic mass is 32.2. The van der Waals surface area contributed by atoms with Gasteiger partial charge in [0, 0.05) is 30.9 Å². The van der Waals surface area contributed by atoms with Crippen molar-refractivity contribution in [3.63, 3.8) is 0 Å². The van der Waals surface area contributed by atoms with Gasteiger partial charge >= 0.3 is 0 Å². The maximum absolute atomic E-state index is 11.0. The fourth-order valence-corrected chi connectivity index (χ4v) is 5.15. The first-order chi connectivity index (χ1) is 15.5. The van der Waals surface area contributed by atoms with E-state index in [1.54, 1.807) is 23.1 Å². The number of nitrogens with one attached hydrogen (secondary N) is 2. The molecule has 1 aliphatic carbocycles. The largest absolute Gasteiger partial charge is 0.473 e. The highest BCUT2D eigenvalue weighted by molar-refractivity contribution is 7.72. The topological polar surface area (TPSA) is 130 Å². The standard InChI is InChI=1S/C20H28N8O3S/c1-12-5-15(6-12)31-19-18(14-7-22-23-8-14)21-9-17-25-20(26-28(17)19)24-16-3-4-27(10-13(16)2)11-32(29)30/h7-9,12-13,15-16,32H,3-6,10-11H2,1-2H3,(H,22,23)(H,24,26)/t12?,13-,15?,16+/m1/s1. The molecule has 2 aliphatic rings. The van der Waals surface area contributed by atoms with Crippen molar-refractivity contribution in [1.82, 2.24) is 34.7 Å². The predicted octanol–water partition coefficient (Wildman–Crippen LogP) is 1.38. The van der Waals surface area contributed by atoms with E-state index >= 15 is 0 Å². The predicted molar refractivity (Wildman–Crippen MR) is 119 cm³/mol. The lowest BCUT2D eigenvalue weighted by Gasteiger charge is -2.35. The van der Waals surface area contributed by atoms with Crippen LogP contribution in [-0.2, 0) is 10.7 Å². The summed E-state index contributed by atoms with van der Waals surface area (Å²) >= 11 is 0. The van der Waals surface area contributed by atoms with Crippen LogP contribution in [0.2, 0.25) is 0 Å². The Morgan fingerprint density at radius 1 is 1.28 bits per heavy atom. The number of H-pyrrole nitrogens is 1. The van der Waals surface area contributed by atoms with Crippen molar-refractivity contribution < 1.29 is 13.2 Å². The Balaban J connectivity index is 1.40. The molecule has 0 spiro atoms. The summed E-state index contributed by atoms with van der Waals surface area (Å²) in [5.74, 6) is 2.12. The second kappa shape index (κ2) is 8.66. The van der Waals surface area contributed by atoms with Crippen LogP contribution in [-0.4, -0.2) is 74.2 Å². The Morgan fingerprint density at radius 3 is 2.81 bits per heavy atom. The van der Waals surface area contributed by atoms with Gasteiger partial charge in [-0.2, -0.15) is 14.6 Å². The molecule has 1 saturated carbocycles. The SMILES string of the molecule is CC1CC(Oc2c(-c3cn[nH]c3)ncc3nc(N[C@H]4CCN(C[SH](=O)=O)C[C@H]4C)nn23)C1. The van der Waals surface area contributed by atoms with Crippen molar-refractivity contribution in [1.29, 1.82) is 0 Å². The Bertz CT molecular complexity index is 1150. The number of thiol groups is 1. The molecule has 1 aliphatic heterocycles. The van der Waals surface area contributed by atoms with E-state index in [9.17, 15) is 8.42 Å². The van der Waals surface area contributed by atoms with Gasteiger partial charge in [-0.1, -0.05) is 13.8 Å². The lowest BCUT2D eigenvalue weighted by Crippen LogP contribution is -2.45. The molecule has 2 fully saturated rings. The highest BCUT2D eigenvalue weighted by Crippen LogP contribution is 2.35. The third-order valence-electron chi connectivity index (χ3n) is 6.34. The average Bonchev–Trinajstić information content (AvgIpc) is 3.38. The highest BCUT2D eigenvalue weighted by Gasteiger charge is 2.31. The quantitative estimate of drug-likeness (QED) is 0.448. The molecular weight excluding hydrogens is 432 g/mol. The zero-order valence-corrected chi connectivity index (χ0v) is 19.0. The van der Waals surface area contributed by atoms with Gasteiger partial charge in [0.1, 0.15) is 11.8 Å². The Hall–Kier alpha value is -2.73. The Kier molecular flexibility index (Phi) is 5.72. The van der Waals surface area contributed by atoms with E-state index < -0.39 is 10.7 Å². The second-order valence-electron chi connectivity index (χ2n) is 8.99. The summed E-state index contributed by atoms with van der Waals surface area (Å²) in [6, 6.07) is 0.159. The van der Waals surface area contributed by atoms with Crippen LogP contribution in [0.15, 0.2) is 18.6 Å². The molecule has 4 heterocycles. The van der Waals surface area contributed by atoms with Gasteiger partial charge in [0.25, 0.3) is 0 Å². The number of aromatic nitrogens is 6. The number of hydrogen-bond donors (Lipinski definition) is 3. The van der Waals surface area contributed by atoms with Crippen LogP contribution >= 0.6 is 0 Å². The van der Waals surface area contributed by atoms with Crippen LogP contribution in [0.4, 0.5) is 5.95 Å². The van der Waals surface area contributed by atoms with Gasteiger partial charge < -0.3 is 10.1 Å². The molecule has 32 heavy (non-hydrogen) atoms. The number of hydrogen-bond acceptors (Lipinski definition) is 9. The molecule has 2 N–H and O–H groups in total. The van der Waals surface area contributed by atoms with E-state index in [0.29, 0.717) is 29.1 Å². The maximum atomic E-state index is 11.0. The summed E-state index contributed by atoms with van der Waals surface area (Å²) in [4.78, 5) is 11.2. The molecule has 3 aromatic rings. The van der Waals surface area contributed by atoms with E-state index in [-0.39, 0.29) is 23.9 Å². The van der Waals surface area contributed by atoms with Gasteiger partial charge in [-0.3, -0.25) is 10.00 Å². The summed E-state index contributed by atoms with van der Waals surface area (Å²) in [6.45, 7) is 5.77. The lowest BCUT2D eigenvalue weighted by molar-refractivity contribution is 0.0676. The average molecular weight is 461 g/mol. The van der Waals surface area contributed by atoms with Crippen LogP contribution in [0.25, 0.3) is 16.9 Å². The summed E-state index contributed by atoms with van der Waals surface area (Å²) < 4.78 is 30.1. The maximum Gasteiger partial charge on any atom is 0.244 e. The van der Waals surface area contributed by atoms with Crippen molar-refractivity contribution in [2.24, 2.45) is 11.8 Å². The van der Waals surface area contributed by atoms with Crippen molar-refractivity contribution >= 4 is 22.3 Å². The first-order valence-electron chi connectivity index (χ1n) is 11.0. The van der Waals surface area contributed by atoms with Crippen LogP contribution in [0.5, 0.6) is 5.88 Å². The molecule has 172 valence electrons. The van der Waals surface area contributed by atoms with E-state index in [0.717, 1.165) is 37.9 Å². The number of piperidine rings is 1. The van der Waals surface area contributed by atoms with Crippen LogP contribution in [0.3, 0.4) is 0 Å². The van der Waals surface area contributed by atoms with Gasteiger partial charge in [0.15, 0.2) is 16.4 Å². The van der Waals surface area contributed by atoms with Crippen molar-refractivity contribution in [2.75, 3.05) is 24.3 Å². The number of aromatic amines is 1. The number of rotatable bonds is 7. The zero-order chi connectivity index (χ0) is 22.2. The molecular formula is C20H28N8O3S. The van der Waals surface area contributed by atoms with Gasteiger partial charge in [-0.25, -0.2) is 13.4 Å². The monoisotopic (exact) mass is 460 g/mol. The van der Waals surface area contributed by atoms with Crippen LogP contribution in [0, 0.1) is 11.8 Å².